The van der Waals surface area contributed by atoms with Gasteiger partial charge in [0.1, 0.15) is 5.58 Å². The number of benzene rings is 3. The van der Waals surface area contributed by atoms with Crippen molar-refractivity contribution in [1.29, 1.82) is 0 Å². The maximum absolute atomic E-state index is 13.1. The third kappa shape index (κ3) is 4.41. The summed E-state index contributed by atoms with van der Waals surface area (Å²) in [6, 6.07) is 20.0. The van der Waals surface area contributed by atoms with Gasteiger partial charge in [0.25, 0.3) is 5.91 Å². The smallest absolute Gasteiger partial charge is 0.310 e. The lowest BCUT2D eigenvalue weighted by atomic mass is 10.0. The van der Waals surface area contributed by atoms with Gasteiger partial charge in [0.15, 0.2) is 16.4 Å². The molecule has 0 aliphatic carbocycles. The Balaban J connectivity index is 1.32. The van der Waals surface area contributed by atoms with Crippen LogP contribution in [0, 0.1) is 0 Å². The number of esters is 1. The Morgan fingerprint density at radius 3 is 2.53 bits per heavy atom. The molecule has 34 heavy (non-hydrogen) atoms. The van der Waals surface area contributed by atoms with E-state index >= 15 is 0 Å². The van der Waals surface area contributed by atoms with Crippen LogP contribution in [-0.4, -0.2) is 44.4 Å². The fourth-order valence-corrected chi connectivity index (χ4v) is 6.25. The average Bonchev–Trinajstić information content (AvgIpc) is 3.41. The number of sulfone groups is 1. The number of carbonyl (C=O) groups is 2. The van der Waals surface area contributed by atoms with Gasteiger partial charge in [-0.05, 0) is 35.4 Å². The lowest BCUT2D eigenvalue weighted by Gasteiger charge is -2.28. The van der Waals surface area contributed by atoms with Gasteiger partial charge in [-0.15, -0.1) is 0 Å². The number of hydrogen-bond acceptors (Lipinski definition) is 6. The van der Waals surface area contributed by atoms with Gasteiger partial charge >= 0.3 is 5.97 Å². The first kappa shape index (κ1) is 22.2. The van der Waals surface area contributed by atoms with Gasteiger partial charge in [0.2, 0.25) is 0 Å². The van der Waals surface area contributed by atoms with Gasteiger partial charge in [-0.2, -0.15) is 0 Å². The summed E-state index contributed by atoms with van der Waals surface area (Å²) < 4.78 is 35.0. The molecule has 1 aliphatic rings. The third-order valence-electron chi connectivity index (χ3n) is 6.11. The van der Waals surface area contributed by atoms with Crippen LogP contribution >= 0.6 is 0 Å². The number of rotatable bonds is 6. The minimum absolute atomic E-state index is 0.0373. The molecule has 0 saturated carbocycles. The number of anilines is 1. The molecule has 8 heteroatoms. The third-order valence-corrected chi connectivity index (χ3v) is 7.86. The van der Waals surface area contributed by atoms with E-state index in [1.807, 2.05) is 42.5 Å². The van der Waals surface area contributed by atoms with Crippen molar-refractivity contribution >= 4 is 49.1 Å². The van der Waals surface area contributed by atoms with Crippen molar-refractivity contribution in [3.05, 3.63) is 78.6 Å². The summed E-state index contributed by atoms with van der Waals surface area (Å²) in [7, 11) is -3.20. The molecule has 4 aromatic rings. The first-order valence-corrected chi connectivity index (χ1v) is 12.8. The van der Waals surface area contributed by atoms with E-state index < -0.39 is 34.4 Å². The highest BCUT2D eigenvalue weighted by molar-refractivity contribution is 7.91. The standard InChI is InChI=1S/C26H23NO6S/c28-24(27(20-7-2-1-3-8-20)21-12-13-34(30,31)17-21)16-33-25(29)14-19-15-32-23-11-10-18-6-4-5-9-22(18)26(19)23/h1-11,15,21H,12-14,16-17H2. The van der Waals surface area contributed by atoms with Gasteiger partial charge in [-0.25, -0.2) is 8.42 Å². The average molecular weight is 478 g/mol. The van der Waals surface area contributed by atoms with Crippen molar-refractivity contribution in [3.63, 3.8) is 0 Å². The Hall–Kier alpha value is -3.65. The van der Waals surface area contributed by atoms with Crippen LogP contribution in [0.1, 0.15) is 12.0 Å². The Labute approximate surface area is 196 Å². The van der Waals surface area contributed by atoms with Crippen LogP contribution in [0.15, 0.2) is 77.4 Å². The summed E-state index contributed by atoms with van der Waals surface area (Å²) in [5.74, 6) is -1.08. The fraction of sp³-hybridized carbons (Fsp3) is 0.231. The number of furan rings is 1. The minimum Gasteiger partial charge on any atom is -0.464 e. The monoisotopic (exact) mass is 477 g/mol. The Morgan fingerprint density at radius 2 is 1.76 bits per heavy atom. The van der Waals surface area contributed by atoms with Crippen molar-refractivity contribution in [2.24, 2.45) is 0 Å². The summed E-state index contributed by atoms with van der Waals surface area (Å²) in [4.78, 5) is 27.2. The molecule has 2 heterocycles. The fourth-order valence-electron chi connectivity index (χ4n) is 4.55. The maximum Gasteiger partial charge on any atom is 0.310 e. The van der Waals surface area contributed by atoms with Crippen LogP contribution in [0.25, 0.3) is 21.7 Å². The van der Waals surface area contributed by atoms with Crippen LogP contribution in [0.5, 0.6) is 0 Å². The first-order chi connectivity index (χ1) is 16.4. The summed E-state index contributed by atoms with van der Waals surface area (Å²) in [6.45, 7) is -0.471. The molecular formula is C26H23NO6S. The van der Waals surface area contributed by atoms with Gasteiger partial charge in [-0.1, -0.05) is 48.5 Å². The zero-order chi connectivity index (χ0) is 23.7. The topological polar surface area (TPSA) is 93.9 Å². The molecule has 1 aromatic heterocycles. The predicted octanol–water partition coefficient (Wildman–Crippen LogP) is 3.89. The van der Waals surface area contributed by atoms with Crippen LogP contribution in [0.2, 0.25) is 0 Å². The number of nitrogens with zero attached hydrogens (tertiary/aromatic N) is 1. The highest BCUT2D eigenvalue weighted by atomic mass is 32.2. The van der Waals surface area contributed by atoms with E-state index in [2.05, 4.69) is 0 Å². The van der Waals surface area contributed by atoms with E-state index in [-0.39, 0.29) is 17.9 Å². The van der Waals surface area contributed by atoms with Crippen molar-refractivity contribution in [3.8, 4) is 0 Å². The highest BCUT2D eigenvalue weighted by Gasteiger charge is 2.35. The van der Waals surface area contributed by atoms with Crippen molar-refractivity contribution in [2.75, 3.05) is 23.0 Å². The van der Waals surface area contributed by atoms with E-state index in [1.54, 1.807) is 30.5 Å². The van der Waals surface area contributed by atoms with Crippen LogP contribution in [0.3, 0.4) is 0 Å². The Morgan fingerprint density at radius 1 is 1.00 bits per heavy atom. The molecule has 3 aromatic carbocycles. The van der Waals surface area contributed by atoms with E-state index in [1.165, 1.54) is 4.90 Å². The van der Waals surface area contributed by atoms with E-state index in [0.29, 0.717) is 23.3 Å². The molecule has 0 bridgehead atoms. The molecular weight excluding hydrogens is 454 g/mol. The van der Waals surface area contributed by atoms with E-state index in [0.717, 1.165) is 16.2 Å². The molecule has 1 amide bonds. The van der Waals surface area contributed by atoms with Crippen molar-refractivity contribution in [1.82, 2.24) is 0 Å². The molecule has 174 valence electrons. The van der Waals surface area contributed by atoms with Crippen LogP contribution in [-0.2, 0) is 30.6 Å². The van der Waals surface area contributed by atoms with Gasteiger partial charge in [0, 0.05) is 16.6 Å². The SMILES string of the molecule is O=C(Cc1coc2ccc3ccccc3c12)OCC(=O)N(c1ccccc1)C1CCS(=O)(=O)C1. The van der Waals surface area contributed by atoms with Gasteiger partial charge in [0.05, 0.1) is 30.2 Å². The largest absolute Gasteiger partial charge is 0.464 e. The normalized spacial score (nSPS) is 17.1. The highest BCUT2D eigenvalue weighted by Crippen LogP contribution is 2.30. The molecule has 5 rings (SSSR count). The van der Waals surface area contributed by atoms with E-state index in [9.17, 15) is 18.0 Å². The number of ether oxygens (including phenoxy) is 1. The van der Waals surface area contributed by atoms with Crippen LogP contribution < -0.4 is 4.90 Å². The second-order valence-corrected chi connectivity index (χ2v) is 10.6. The summed E-state index contributed by atoms with van der Waals surface area (Å²) in [5, 5.41) is 2.86. The molecule has 0 N–H and O–H groups in total. The van der Waals surface area contributed by atoms with Crippen molar-refractivity contribution < 1.29 is 27.2 Å². The summed E-state index contributed by atoms with van der Waals surface area (Å²) >= 11 is 0. The number of fused-ring (bicyclic) bond motifs is 3. The molecule has 1 saturated heterocycles. The minimum atomic E-state index is -3.20. The second-order valence-electron chi connectivity index (χ2n) is 8.41. The zero-order valence-electron chi connectivity index (χ0n) is 18.3. The lowest BCUT2D eigenvalue weighted by Crippen LogP contribution is -2.43. The quantitative estimate of drug-likeness (QED) is 0.391. The molecule has 0 radical (unpaired) electrons. The number of amides is 1. The number of hydrogen-bond donors (Lipinski definition) is 0. The van der Waals surface area contributed by atoms with Crippen molar-refractivity contribution in [2.45, 2.75) is 18.9 Å². The van der Waals surface area contributed by atoms with E-state index in [4.69, 9.17) is 9.15 Å². The van der Waals surface area contributed by atoms with Gasteiger partial charge in [-0.3, -0.25) is 9.59 Å². The lowest BCUT2D eigenvalue weighted by molar-refractivity contribution is -0.147. The Kier molecular flexibility index (Phi) is 5.83. The predicted molar refractivity (Wildman–Crippen MR) is 129 cm³/mol. The zero-order valence-corrected chi connectivity index (χ0v) is 19.2. The molecule has 1 unspecified atom stereocenters. The van der Waals surface area contributed by atoms with Crippen LogP contribution in [0.4, 0.5) is 5.69 Å². The number of para-hydroxylation sites is 1. The molecule has 7 nitrogen and oxygen atoms in total. The molecule has 1 fully saturated rings. The summed E-state index contributed by atoms with van der Waals surface area (Å²) in [6.07, 6.45) is 1.85. The van der Waals surface area contributed by atoms with Gasteiger partial charge < -0.3 is 14.1 Å². The summed E-state index contributed by atoms with van der Waals surface area (Å²) in [5.41, 5.74) is 1.94. The first-order valence-electron chi connectivity index (χ1n) is 11.0. The maximum atomic E-state index is 13.1. The Bertz CT molecular complexity index is 1480. The molecule has 1 aliphatic heterocycles. The molecule has 0 spiro atoms. The second kappa shape index (κ2) is 8.95. The number of carbonyl (C=O) groups excluding carboxylic acids is 2. The molecule has 1 atom stereocenters.